The molecule has 34 heavy (non-hydrogen) atoms. The number of carboxylic acid groups (broad SMARTS) is 1. The van der Waals surface area contributed by atoms with Gasteiger partial charge in [-0.25, -0.2) is 9.18 Å². The van der Waals surface area contributed by atoms with Crippen LogP contribution in [0.1, 0.15) is 47.6 Å². The van der Waals surface area contributed by atoms with E-state index in [0.717, 1.165) is 51.0 Å². The molecule has 7 nitrogen and oxygen atoms in total. The van der Waals surface area contributed by atoms with Gasteiger partial charge in [-0.1, -0.05) is 12.1 Å². The number of aromatic nitrogens is 1. The van der Waals surface area contributed by atoms with E-state index >= 15 is 4.39 Å². The van der Waals surface area contributed by atoms with Crippen molar-refractivity contribution in [3.63, 3.8) is 0 Å². The molecule has 3 aliphatic rings. The van der Waals surface area contributed by atoms with Crippen molar-refractivity contribution in [1.29, 1.82) is 0 Å². The number of nitrogens with zero attached hydrogens (tertiary/aromatic N) is 3. The quantitative estimate of drug-likeness (QED) is 0.563. The molecule has 0 amide bonds. The van der Waals surface area contributed by atoms with Crippen LogP contribution < -0.4 is 16.1 Å². The molecule has 0 radical (unpaired) electrons. The fourth-order valence-corrected chi connectivity index (χ4v) is 5.69. The van der Waals surface area contributed by atoms with Crippen molar-refractivity contribution in [1.82, 2.24) is 9.47 Å². The highest BCUT2D eigenvalue weighted by Crippen LogP contribution is 2.39. The van der Waals surface area contributed by atoms with Crippen LogP contribution in [-0.2, 0) is 6.54 Å². The van der Waals surface area contributed by atoms with Crippen molar-refractivity contribution in [3.8, 4) is 0 Å². The molecule has 2 saturated heterocycles. The van der Waals surface area contributed by atoms with E-state index < -0.39 is 17.2 Å². The standard InChI is InChI=1S/C26H27FN4O3/c27-22-9-20-23(31(17-5-6-17)14-21(25(20)32)26(33)34)10-24(22)29-12-18-7-8-19(13-29)30(18)11-15-1-3-16(28)4-2-15/h1-4,9-10,14,17-19H,5-8,11-13,28H2,(H,33,34). The Kier molecular flexibility index (Phi) is 4.88. The average Bonchev–Trinajstić information content (AvgIpc) is 3.62. The first kappa shape index (κ1) is 21.2. The summed E-state index contributed by atoms with van der Waals surface area (Å²) < 4.78 is 17.2. The fraction of sp³-hybridized carbons (Fsp3) is 0.385. The van der Waals surface area contributed by atoms with Gasteiger partial charge in [0, 0.05) is 55.0 Å². The van der Waals surface area contributed by atoms with Crippen LogP contribution in [-0.4, -0.2) is 45.7 Å². The van der Waals surface area contributed by atoms with E-state index in [4.69, 9.17) is 5.73 Å². The minimum Gasteiger partial charge on any atom is -0.477 e. The lowest BCUT2D eigenvalue weighted by Gasteiger charge is -2.42. The number of anilines is 2. The zero-order valence-electron chi connectivity index (χ0n) is 18.8. The average molecular weight is 463 g/mol. The molecular formula is C26H27FN4O3. The number of hydrogen-bond donors (Lipinski definition) is 2. The Morgan fingerprint density at radius 3 is 2.29 bits per heavy atom. The summed E-state index contributed by atoms with van der Waals surface area (Å²) in [5.41, 5.74) is 7.98. The SMILES string of the molecule is Nc1ccc(CN2C3CCC2CN(c2cc4c(cc2F)c(=O)c(C(=O)O)cn4C2CC2)C3)cc1. The molecule has 176 valence electrons. The van der Waals surface area contributed by atoms with Crippen LogP contribution in [0.2, 0.25) is 0 Å². The van der Waals surface area contributed by atoms with Gasteiger partial charge in [-0.05, 0) is 55.5 Å². The van der Waals surface area contributed by atoms with Gasteiger partial charge in [0.15, 0.2) is 0 Å². The normalized spacial score (nSPS) is 22.4. The van der Waals surface area contributed by atoms with E-state index in [0.29, 0.717) is 23.3 Å². The van der Waals surface area contributed by atoms with Gasteiger partial charge in [-0.3, -0.25) is 9.69 Å². The number of pyridine rings is 1. The molecule has 2 atom stereocenters. The van der Waals surface area contributed by atoms with Gasteiger partial charge < -0.3 is 20.3 Å². The van der Waals surface area contributed by atoms with Crippen LogP contribution in [0.4, 0.5) is 15.8 Å². The number of rotatable bonds is 5. The molecule has 3 fully saturated rings. The van der Waals surface area contributed by atoms with Crippen molar-refractivity contribution >= 4 is 28.2 Å². The number of nitrogen functional groups attached to an aromatic ring is 1. The monoisotopic (exact) mass is 462 g/mol. The number of fused-ring (bicyclic) bond motifs is 3. The molecule has 8 heteroatoms. The van der Waals surface area contributed by atoms with Crippen molar-refractivity contribution in [2.24, 2.45) is 0 Å². The molecule has 3 aromatic rings. The van der Waals surface area contributed by atoms with Crippen LogP contribution in [0, 0.1) is 5.82 Å². The maximum atomic E-state index is 15.4. The zero-order chi connectivity index (χ0) is 23.6. The summed E-state index contributed by atoms with van der Waals surface area (Å²) in [5.74, 6) is -1.75. The Hall–Kier alpha value is -3.39. The van der Waals surface area contributed by atoms with Crippen LogP contribution in [0.3, 0.4) is 0 Å². The number of nitrogens with two attached hydrogens (primary N) is 1. The Labute approximate surface area is 196 Å². The fourth-order valence-electron chi connectivity index (χ4n) is 5.69. The predicted octanol–water partition coefficient (Wildman–Crippen LogP) is 3.61. The first-order valence-electron chi connectivity index (χ1n) is 11.9. The second-order valence-corrected chi connectivity index (χ2v) is 9.84. The number of aromatic carboxylic acids is 1. The molecule has 1 aromatic heterocycles. The van der Waals surface area contributed by atoms with E-state index in [1.165, 1.54) is 17.8 Å². The largest absolute Gasteiger partial charge is 0.477 e. The highest BCUT2D eigenvalue weighted by atomic mass is 19.1. The molecule has 1 saturated carbocycles. The number of piperazine rings is 1. The molecular weight excluding hydrogens is 435 g/mol. The van der Waals surface area contributed by atoms with Crippen molar-refractivity contribution in [3.05, 3.63) is 69.8 Å². The van der Waals surface area contributed by atoms with E-state index in [-0.39, 0.29) is 17.0 Å². The summed E-state index contributed by atoms with van der Waals surface area (Å²) in [7, 11) is 0. The lowest BCUT2D eigenvalue weighted by atomic mass is 10.1. The van der Waals surface area contributed by atoms with E-state index in [1.807, 2.05) is 16.7 Å². The minimum atomic E-state index is -1.28. The Balaban J connectivity index is 1.33. The Bertz CT molecular complexity index is 1330. The summed E-state index contributed by atoms with van der Waals surface area (Å²) in [6.07, 6.45) is 5.43. The first-order valence-corrected chi connectivity index (χ1v) is 11.9. The highest BCUT2D eigenvalue weighted by Gasteiger charge is 2.40. The van der Waals surface area contributed by atoms with Crippen LogP contribution in [0.5, 0.6) is 0 Å². The number of hydrogen-bond acceptors (Lipinski definition) is 5. The Morgan fingerprint density at radius 1 is 1.03 bits per heavy atom. The van der Waals surface area contributed by atoms with E-state index in [2.05, 4.69) is 21.9 Å². The number of carbonyl (C=O) groups is 1. The lowest BCUT2D eigenvalue weighted by Crippen LogP contribution is -2.53. The van der Waals surface area contributed by atoms with Crippen molar-refractivity contribution in [2.45, 2.75) is 50.4 Å². The molecule has 2 bridgehead atoms. The molecule has 3 N–H and O–H groups in total. The maximum absolute atomic E-state index is 15.4. The molecule has 1 aliphatic carbocycles. The van der Waals surface area contributed by atoms with Gasteiger partial charge in [-0.2, -0.15) is 0 Å². The van der Waals surface area contributed by atoms with Gasteiger partial charge in [0.1, 0.15) is 11.4 Å². The summed E-state index contributed by atoms with van der Waals surface area (Å²) in [6, 6.07) is 11.8. The number of benzene rings is 2. The van der Waals surface area contributed by atoms with Gasteiger partial charge in [0.2, 0.25) is 5.43 Å². The maximum Gasteiger partial charge on any atom is 0.341 e. The second-order valence-electron chi connectivity index (χ2n) is 9.84. The smallest absolute Gasteiger partial charge is 0.341 e. The Morgan fingerprint density at radius 2 is 1.68 bits per heavy atom. The molecule has 6 rings (SSSR count). The van der Waals surface area contributed by atoms with Gasteiger partial charge in [-0.15, -0.1) is 0 Å². The van der Waals surface area contributed by atoms with Crippen LogP contribution in [0.15, 0.2) is 47.4 Å². The topological polar surface area (TPSA) is 91.8 Å². The number of halogens is 1. The minimum absolute atomic E-state index is 0.137. The molecule has 2 aliphatic heterocycles. The van der Waals surface area contributed by atoms with Crippen LogP contribution >= 0.6 is 0 Å². The van der Waals surface area contributed by atoms with Gasteiger partial charge >= 0.3 is 5.97 Å². The third-order valence-electron chi connectivity index (χ3n) is 7.59. The van der Waals surface area contributed by atoms with Gasteiger partial charge in [0.05, 0.1) is 11.2 Å². The van der Waals surface area contributed by atoms with Crippen LogP contribution in [0.25, 0.3) is 10.9 Å². The van der Waals surface area contributed by atoms with E-state index in [1.54, 1.807) is 6.07 Å². The third kappa shape index (κ3) is 3.53. The molecule has 3 heterocycles. The molecule has 2 aromatic carbocycles. The summed E-state index contributed by atoms with van der Waals surface area (Å²) >= 11 is 0. The first-order chi connectivity index (χ1) is 16.4. The predicted molar refractivity (Wildman–Crippen MR) is 129 cm³/mol. The number of carboxylic acids is 1. The molecule has 2 unspecified atom stereocenters. The van der Waals surface area contributed by atoms with E-state index in [9.17, 15) is 14.7 Å². The summed E-state index contributed by atoms with van der Waals surface area (Å²) in [5, 5.41) is 9.60. The molecule has 0 spiro atoms. The second kappa shape index (κ2) is 7.84. The highest BCUT2D eigenvalue weighted by molar-refractivity contribution is 5.93. The summed E-state index contributed by atoms with van der Waals surface area (Å²) in [4.78, 5) is 29.0. The van der Waals surface area contributed by atoms with Crippen molar-refractivity contribution < 1.29 is 14.3 Å². The van der Waals surface area contributed by atoms with Crippen molar-refractivity contribution in [2.75, 3.05) is 23.7 Å². The lowest BCUT2D eigenvalue weighted by molar-refractivity contribution is 0.0695. The zero-order valence-corrected chi connectivity index (χ0v) is 18.8. The summed E-state index contributed by atoms with van der Waals surface area (Å²) in [6.45, 7) is 2.28. The van der Waals surface area contributed by atoms with Gasteiger partial charge in [0.25, 0.3) is 0 Å². The third-order valence-corrected chi connectivity index (χ3v) is 7.59.